The van der Waals surface area contributed by atoms with Crippen LogP contribution in [0, 0.1) is 25.7 Å². The van der Waals surface area contributed by atoms with Crippen molar-refractivity contribution in [3.8, 4) is 11.8 Å². The maximum absolute atomic E-state index is 12.7. The van der Waals surface area contributed by atoms with Crippen LogP contribution in [0.2, 0.25) is 0 Å². The first-order chi connectivity index (χ1) is 15.1. The molecule has 0 atom stereocenters. The van der Waals surface area contributed by atoms with Crippen LogP contribution < -0.4 is 5.32 Å². The Morgan fingerprint density at radius 3 is 2.68 bits per heavy atom. The minimum absolute atomic E-state index is 0.218. The average Bonchev–Trinajstić information content (AvgIpc) is 3.20. The lowest BCUT2D eigenvalue weighted by Gasteiger charge is -2.25. The lowest BCUT2D eigenvalue weighted by Crippen LogP contribution is -2.30. The van der Waals surface area contributed by atoms with Crippen molar-refractivity contribution in [1.29, 1.82) is 0 Å². The van der Waals surface area contributed by atoms with E-state index in [-0.39, 0.29) is 5.91 Å². The van der Waals surface area contributed by atoms with Crippen LogP contribution in [0.25, 0.3) is 5.65 Å². The van der Waals surface area contributed by atoms with E-state index in [1.165, 1.54) is 32.4 Å². The average molecular weight is 416 g/mol. The number of aryl methyl sites for hydroxylation is 2. The number of fused-ring (bicyclic) bond motifs is 1. The number of carbonyl (C=O) groups excluding carboxylic acids is 1. The van der Waals surface area contributed by atoms with E-state index in [2.05, 4.69) is 32.1 Å². The predicted molar refractivity (Wildman–Crippen MR) is 123 cm³/mol. The maximum Gasteiger partial charge on any atom is 0.261 e. The van der Waals surface area contributed by atoms with Crippen molar-refractivity contribution in [1.82, 2.24) is 19.5 Å². The lowest BCUT2D eigenvalue weighted by atomic mass is 10.1. The highest BCUT2D eigenvalue weighted by atomic mass is 16.1. The zero-order chi connectivity index (χ0) is 21.6. The van der Waals surface area contributed by atoms with E-state index in [9.17, 15) is 4.79 Å². The summed E-state index contributed by atoms with van der Waals surface area (Å²) in [6.45, 7) is 7.49. The maximum atomic E-state index is 12.7. The Kier molecular flexibility index (Phi) is 6.63. The highest BCUT2D eigenvalue weighted by Crippen LogP contribution is 2.15. The van der Waals surface area contributed by atoms with Crippen molar-refractivity contribution < 1.29 is 4.79 Å². The Morgan fingerprint density at radius 1 is 1.13 bits per heavy atom. The molecule has 31 heavy (non-hydrogen) atoms. The van der Waals surface area contributed by atoms with Crippen LogP contribution in [0.1, 0.15) is 59.4 Å². The number of rotatable bonds is 5. The number of aromatic nitrogens is 3. The molecule has 0 bridgehead atoms. The molecule has 1 saturated heterocycles. The first-order valence-electron chi connectivity index (χ1n) is 11.0. The number of anilines is 1. The van der Waals surface area contributed by atoms with Crippen LogP contribution >= 0.6 is 0 Å². The quantitative estimate of drug-likeness (QED) is 0.501. The lowest BCUT2D eigenvalue weighted by molar-refractivity contribution is 0.102. The van der Waals surface area contributed by atoms with E-state index in [1.807, 2.05) is 44.2 Å². The molecule has 1 amide bonds. The van der Waals surface area contributed by atoms with E-state index in [0.29, 0.717) is 11.2 Å². The summed E-state index contributed by atoms with van der Waals surface area (Å²) in [5.74, 6) is 6.28. The van der Waals surface area contributed by atoms with Crippen LogP contribution in [-0.4, -0.2) is 45.0 Å². The molecule has 1 N–H and O–H groups in total. The largest absolute Gasteiger partial charge is 0.322 e. The second-order valence-corrected chi connectivity index (χ2v) is 8.17. The highest BCUT2D eigenvalue weighted by molar-refractivity contribution is 6.08. The standard InChI is InChI=1S/C25H29N5O/c1-19-17-20(2)30-24(27-19)23(18-26-30)25(31)28-22-12-10-21(11-13-22)9-5-3-6-14-29-15-7-4-8-16-29/h10-13,17-18H,3-4,6-8,14-16H2,1-2H3,(H,28,31). The second kappa shape index (κ2) is 9.76. The van der Waals surface area contributed by atoms with Crippen molar-refractivity contribution in [2.75, 3.05) is 25.0 Å². The minimum Gasteiger partial charge on any atom is -0.322 e. The minimum atomic E-state index is -0.218. The summed E-state index contributed by atoms with van der Waals surface area (Å²) in [5, 5.41) is 7.22. The van der Waals surface area contributed by atoms with Gasteiger partial charge in [0.25, 0.3) is 5.91 Å². The molecule has 0 saturated carbocycles. The molecule has 1 aliphatic rings. The van der Waals surface area contributed by atoms with Gasteiger partial charge < -0.3 is 10.2 Å². The smallest absolute Gasteiger partial charge is 0.261 e. The van der Waals surface area contributed by atoms with Gasteiger partial charge in [0.1, 0.15) is 5.56 Å². The number of benzene rings is 1. The van der Waals surface area contributed by atoms with Gasteiger partial charge in [0.15, 0.2) is 5.65 Å². The fourth-order valence-corrected chi connectivity index (χ4v) is 4.00. The van der Waals surface area contributed by atoms with E-state index < -0.39 is 0 Å². The van der Waals surface area contributed by atoms with E-state index in [4.69, 9.17) is 0 Å². The number of unbranched alkanes of at least 4 members (excludes halogenated alkanes) is 1. The normalized spacial score (nSPS) is 14.3. The van der Waals surface area contributed by atoms with Crippen molar-refractivity contribution in [3.63, 3.8) is 0 Å². The Morgan fingerprint density at radius 2 is 1.90 bits per heavy atom. The van der Waals surface area contributed by atoms with Crippen LogP contribution in [-0.2, 0) is 0 Å². The summed E-state index contributed by atoms with van der Waals surface area (Å²) < 4.78 is 1.69. The van der Waals surface area contributed by atoms with E-state index >= 15 is 0 Å². The van der Waals surface area contributed by atoms with Gasteiger partial charge in [0.2, 0.25) is 0 Å². The topological polar surface area (TPSA) is 62.5 Å². The number of carbonyl (C=O) groups is 1. The predicted octanol–water partition coefficient (Wildman–Crippen LogP) is 4.22. The SMILES string of the molecule is Cc1cc(C)n2ncc(C(=O)Nc3ccc(C#CCCCN4CCCCC4)cc3)c2n1. The van der Waals surface area contributed by atoms with E-state index in [1.54, 1.807) is 10.7 Å². The number of hydrogen-bond acceptors (Lipinski definition) is 4. The Balaban J connectivity index is 1.32. The third-order valence-electron chi connectivity index (χ3n) is 5.62. The van der Waals surface area contributed by atoms with Crippen molar-refractivity contribution in [2.24, 2.45) is 0 Å². The van der Waals surface area contributed by atoms with Crippen molar-refractivity contribution in [3.05, 3.63) is 59.0 Å². The van der Waals surface area contributed by atoms with E-state index in [0.717, 1.165) is 42.0 Å². The molecule has 3 heterocycles. The molecule has 0 radical (unpaired) electrons. The van der Waals surface area contributed by atoms with Crippen molar-refractivity contribution >= 4 is 17.2 Å². The number of piperidine rings is 1. The van der Waals surface area contributed by atoms with Gasteiger partial charge in [0, 0.05) is 29.1 Å². The molecular weight excluding hydrogens is 386 g/mol. The molecule has 2 aromatic heterocycles. The summed E-state index contributed by atoms with van der Waals surface area (Å²) in [6, 6.07) is 9.58. The number of likely N-dealkylation sites (tertiary alicyclic amines) is 1. The molecule has 6 nitrogen and oxygen atoms in total. The van der Waals surface area contributed by atoms with Gasteiger partial charge in [0.05, 0.1) is 6.20 Å². The molecule has 0 unspecified atom stereocenters. The van der Waals surface area contributed by atoms with Crippen LogP contribution in [0.3, 0.4) is 0 Å². The fourth-order valence-electron chi connectivity index (χ4n) is 4.00. The Bertz CT molecular complexity index is 1110. The summed E-state index contributed by atoms with van der Waals surface area (Å²) >= 11 is 0. The molecule has 1 aromatic carbocycles. The first kappa shape index (κ1) is 21.1. The second-order valence-electron chi connectivity index (χ2n) is 8.17. The fraction of sp³-hybridized carbons (Fsp3) is 0.400. The third-order valence-corrected chi connectivity index (χ3v) is 5.62. The molecule has 0 spiro atoms. The van der Waals surface area contributed by atoms with Gasteiger partial charge in [-0.15, -0.1) is 0 Å². The summed E-state index contributed by atoms with van der Waals surface area (Å²) in [7, 11) is 0. The number of nitrogens with zero attached hydrogens (tertiary/aromatic N) is 4. The molecular formula is C25H29N5O. The third kappa shape index (κ3) is 5.31. The number of hydrogen-bond donors (Lipinski definition) is 1. The van der Waals surface area contributed by atoms with Crippen molar-refractivity contribution in [2.45, 2.75) is 46.0 Å². The molecule has 0 aliphatic carbocycles. The zero-order valence-electron chi connectivity index (χ0n) is 18.3. The van der Waals surface area contributed by atoms with Crippen LogP contribution in [0.15, 0.2) is 36.5 Å². The molecule has 4 rings (SSSR count). The summed E-state index contributed by atoms with van der Waals surface area (Å²) in [4.78, 5) is 19.8. The molecule has 6 heteroatoms. The van der Waals surface area contributed by atoms with Gasteiger partial charge >= 0.3 is 0 Å². The van der Waals surface area contributed by atoms with Gasteiger partial charge in [-0.05, 0) is 83.1 Å². The monoisotopic (exact) mass is 415 g/mol. The number of nitrogens with one attached hydrogen (secondary N) is 1. The summed E-state index contributed by atoms with van der Waals surface area (Å²) in [6.07, 6.45) is 7.64. The molecule has 160 valence electrons. The number of amides is 1. The molecule has 3 aromatic rings. The van der Waals surface area contributed by atoms with Crippen LogP contribution in [0.5, 0.6) is 0 Å². The summed E-state index contributed by atoms with van der Waals surface area (Å²) in [5.41, 5.74) is 4.52. The molecule has 1 fully saturated rings. The first-order valence-corrected chi connectivity index (χ1v) is 11.0. The molecule has 1 aliphatic heterocycles. The Labute approximate surface area is 183 Å². The van der Waals surface area contributed by atoms with Gasteiger partial charge in [-0.25, -0.2) is 9.50 Å². The van der Waals surface area contributed by atoms with Gasteiger partial charge in [-0.3, -0.25) is 4.79 Å². The van der Waals surface area contributed by atoms with Crippen LogP contribution in [0.4, 0.5) is 5.69 Å². The Hall–Kier alpha value is -3.17. The van der Waals surface area contributed by atoms with Gasteiger partial charge in [-0.2, -0.15) is 5.10 Å². The highest BCUT2D eigenvalue weighted by Gasteiger charge is 2.15. The zero-order valence-corrected chi connectivity index (χ0v) is 18.3. The van der Waals surface area contributed by atoms with Gasteiger partial charge in [-0.1, -0.05) is 18.3 Å².